The van der Waals surface area contributed by atoms with Crippen LogP contribution in [0, 0.1) is 17.8 Å². The Morgan fingerprint density at radius 2 is 1.80 bits per heavy atom. The molecule has 1 aromatic heterocycles. The molecular weight excluding hydrogens is 250 g/mol. The van der Waals surface area contributed by atoms with Crippen molar-refractivity contribution in [2.75, 3.05) is 5.73 Å². The highest BCUT2D eigenvalue weighted by Gasteiger charge is 2.67. The first kappa shape index (κ1) is 13.1. The number of aromatic nitrogens is 4. The van der Waals surface area contributed by atoms with Crippen molar-refractivity contribution in [1.29, 1.82) is 0 Å². The van der Waals surface area contributed by atoms with Crippen LogP contribution in [0.1, 0.15) is 39.3 Å². The van der Waals surface area contributed by atoms with Crippen molar-refractivity contribution in [1.82, 2.24) is 20.2 Å². The van der Waals surface area contributed by atoms with Crippen molar-refractivity contribution in [3.63, 3.8) is 0 Å². The molecule has 1 heterocycles. The first-order chi connectivity index (χ1) is 9.26. The summed E-state index contributed by atoms with van der Waals surface area (Å²) in [4.78, 5) is 0. The zero-order valence-electron chi connectivity index (χ0n) is 12.7. The van der Waals surface area contributed by atoms with Crippen LogP contribution in [-0.2, 0) is 0 Å². The van der Waals surface area contributed by atoms with Crippen LogP contribution in [0.25, 0.3) is 11.4 Å². The minimum Gasteiger partial charge on any atom is -0.398 e. The summed E-state index contributed by atoms with van der Waals surface area (Å²) in [5.41, 5.74) is 9.22. The summed E-state index contributed by atoms with van der Waals surface area (Å²) in [6, 6.07) is 6.24. The summed E-state index contributed by atoms with van der Waals surface area (Å²) in [6.45, 7) is 11.1. The highest BCUT2D eigenvalue weighted by Crippen LogP contribution is 2.71. The third kappa shape index (κ3) is 1.58. The van der Waals surface area contributed by atoms with E-state index >= 15 is 0 Å². The fourth-order valence-electron chi connectivity index (χ4n) is 3.18. The first-order valence-electron chi connectivity index (χ1n) is 6.91. The average molecular weight is 271 g/mol. The molecule has 5 nitrogen and oxygen atoms in total. The largest absolute Gasteiger partial charge is 0.398 e. The molecule has 0 unspecified atom stereocenters. The van der Waals surface area contributed by atoms with Crippen LogP contribution in [0.5, 0.6) is 0 Å². The minimum atomic E-state index is 0.176. The Bertz CT molecular complexity index is 655. The Labute approximate surface area is 119 Å². The lowest BCUT2D eigenvalue weighted by Gasteiger charge is -2.09. The van der Waals surface area contributed by atoms with Crippen LogP contribution >= 0.6 is 0 Å². The maximum atomic E-state index is 6.10. The smallest absolute Gasteiger partial charge is 0.184 e. The zero-order chi connectivity index (χ0) is 14.7. The lowest BCUT2D eigenvalue weighted by atomic mass is 10.0. The van der Waals surface area contributed by atoms with Gasteiger partial charge in [-0.2, -0.15) is 0 Å². The molecule has 106 valence electrons. The molecule has 1 aromatic carbocycles. The van der Waals surface area contributed by atoms with Gasteiger partial charge in [0.25, 0.3) is 0 Å². The predicted octanol–water partition coefficient (Wildman–Crippen LogP) is 2.84. The van der Waals surface area contributed by atoms with E-state index in [0.717, 1.165) is 17.0 Å². The van der Waals surface area contributed by atoms with Crippen molar-refractivity contribution in [2.45, 2.75) is 40.7 Å². The number of nitrogens with two attached hydrogens (primary N) is 1. The number of hydrogen-bond donors (Lipinski definition) is 1. The van der Waals surface area contributed by atoms with Gasteiger partial charge in [0.1, 0.15) is 0 Å². The highest BCUT2D eigenvalue weighted by molar-refractivity contribution is 5.72. The van der Waals surface area contributed by atoms with E-state index in [2.05, 4.69) is 43.2 Å². The first-order valence-corrected chi connectivity index (χ1v) is 6.91. The maximum Gasteiger partial charge on any atom is 0.184 e. The number of nitrogens with zero attached hydrogens (tertiary/aromatic N) is 4. The third-order valence-corrected chi connectivity index (χ3v) is 5.13. The van der Waals surface area contributed by atoms with Crippen molar-refractivity contribution >= 4 is 5.69 Å². The van der Waals surface area contributed by atoms with E-state index in [0.29, 0.717) is 11.7 Å². The lowest BCUT2D eigenvalue weighted by molar-refractivity contribution is 0.457. The summed E-state index contributed by atoms with van der Waals surface area (Å²) in [6.07, 6.45) is 0. The molecule has 1 aliphatic carbocycles. The number of hydrogen-bond acceptors (Lipinski definition) is 4. The summed E-state index contributed by atoms with van der Waals surface area (Å²) in [5.74, 6) is 0.759. The number of nitrogen functional groups attached to an aromatic ring is 1. The van der Waals surface area contributed by atoms with E-state index in [4.69, 9.17) is 5.73 Å². The molecule has 1 fully saturated rings. The van der Waals surface area contributed by atoms with Gasteiger partial charge in [0, 0.05) is 11.3 Å². The van der Waals surface area contributed by atoms with Gasteiger partial charge in [-0.25, -0.2) is 4.68 Å². The lowest BCUT2D eigenvalue weighted by Crippen LogP contribution is -2.07. The van der Waals surface area contributed by atoms with Gasteiger partial charge in [0.05, 0.1) is 6.04 Å². The number of aryl methyl sites for hydroxylation is 1. The second-order valence-electron chi connectivity index (χ2n) is 6.88. The molecule has 2 N–H and O–H groups in total. The molecule has 20 heavy (non-hydrogen) atoms. The second kappa shape index (κ2) is 3.81. The van der Waals surface area contributed by atoms with E-state index in [-0.39, 0.29) is 10.8 Å². The molecule has 0 saturated heterocycles. The normalized spacial score (nSPS) is 20.1. The van der Waals surface area contributed by atoms with Crippen LogP contribution in [-0.4, -0.2) is 20.2 Å². The Morgan fingerprint density at radius 3 is 2.40 bits per heavy atom. The molecule has 1 aliphatic rings. The molecule has 2 aromatic rings. The molecule has 5 heteroatoms. The molecule has 0 spiro atoms. The zero-order valence-corrected chi connectivity index (χ0v) is 12.7. The van der Waals surface area contributed by atoms with E-state index in [1.54, 1.807) is 0 Å². The van der Waals surface area contributed by atoms with Crippen molar-refractivity contribution in [3.05, 3.63) is 23.8 Å². The Morgan fingerprint density at radius 1 is 1.15 bits per heavy atom. The molecule has 0 atom stereocenters. The van der Waals surface area contributed by atoms with E-state index in [1.165, 1.54) is 0 Å². The number of rotatable bonds is 2. The molecule has 3 rings (SSSR count). The van der Waals surface area contributed by atoms with Gasteiger partial charge in [-0.1, -0.05) is 39.3 Å². The summed E-state index contributed by atoms with van der Waals surface area (Å²) < 4.78 is 1.94. The van der Waals surface area contributed by atoms with Gasteiger partial charge >= 0.3 is 0 Å². The van der Waals surface area contributed by atoms with Crippen LogP contribution < -0.4 is 5.73 Å². The van der Waals surface area contributed by atoms with Gasteiger partial charge in [0.2, 0.25) is 0 Å². The van der Waals surface area contributed by atoms with Gasteiger partial charge in [-0.3, -0.25) is 0 Å². The third-order valence-electron chi connectivity index (χ3n) is 5.13. The molecule has 0 amide bonds. The maximum absolute atomic E-state index is 6.10. The average Bonchev–Trinajstić information content (AvgIpc) is 2.70. The molecular formula is C15H21N5. The molecule has 0 bridgehead atoms. The number of benzene rings is 1. The fraction of sp³-hybridized carbons (Fsp3) is 0.533. The Hall–Kier alpha value is -1.91. The van der Waals surface area contributed by atoms with E-state index in [1.807, 2.05) is 29.8 Å². The van der Waals surface area contributed by atoms with Crippen LogP contribution in [0.4, 0.5) is 5.69 Å². The van der Waals surface area contributed by atoms with Gasteiger partial charge < -0.3 is 5.73 Å². The number of tetrazole rings is 1. The summed E-state index contributed by atoms with van der Waals surface area (Å²) >= 11 is 0. The minimum absolute atomic E-state index is 0.176. The topological polar surface area (TPSA) is 69.6 Å². The fourth-order valence-corrected chi connectivity index (χ4v) is 3.18. The van der Waals surface area contributed by atoms with Gasteiger partial charge in [-0.05, 0) is 40.3 Å². The second-order valence-corrected chi connectivity index (χ2v) is 6.88. The Kier molecular flexibility index (Phi) is 2.49. The highest BCUT2D eigenvalue weighted by atomic mass is 15.6. The SMILES string of the molecule is Cc1ccc(N)c(-c2nnnn2C2C(C)(C)C2(C)C)c1. The van der Waals surface area contributed by atoms with Crippen LogP contribution in [0.15, 0.2) is 18.2 Å². The quantitative estimate of drug-likeness (QED) is 0.853. The van der Waals surface area contributed by atoms with Gasteiger partial charge in [0.15, 0.2) is 5.82 Å². The predicted molar refractivity (Wildman–Crippen MR) is 79.0 cm³/mol. The molecule has 0 radical (unpaired) electrons. The molecule has 1 saturated carbocycles. The molecule has 0 aliphatic heterocycles. The van der Waals surface area contributed by atoms with Crippen LogP contribution in [0.2, 0.25) is 0 Å². The van der Waals surface area contributed by atoms with E-state index in [9.17, 15) is 0 Å². The number of anilines is 1. The van der Waals surface area contributed by atoms with E-state index < -0.39 is 0 Å². The summed E-state index contributed by atoms with van der Waals surface area (Å²) in [5, 5.41) is 12.3. The van der Waals surface area contributed by atoms with Crippen molar-refractivity contribution in [3.8, 4) is 11.4 Å². The van der Waals surface area contributed by atoms with Gasteiger partial charge in [-0.15, -0.1) is 5.10 Å². The standard InChI is InChI=1S/C15H21N5/c1-9-6-7-11(16)10(8-9)12-17-18-19-20(12)13-14(2,3)15(13,4)5/h6-8,13H,16H2,1-5H3. The summed E-state index contributed by atoms with van der Waals surface area (Å²) in [7, 11) is 0. The van der Waals surface area contributed by atoms with Crippen LogP contribution in [0.3, 0.4) is 0 Å². The monoisotopic (exact) mass is 271 g/mol. The Balaban J connectivity index is 2.11. The van der Waals surface area contributed by atoms with Crippen molar-refractivity contribution in [2.24, 2.45) is 10.8 Å². The van der Waals surface area contributed by atoms with Crippen molar-refractivity contribution < 1.29 is 0 Å².